The number of carbonyl (C=O) groups excluding carboxylic acids is 1. The molecule has 88 valence electrons. The Morgan fingerprint density at radius 3 is 2.56 bits per heavy atom. The molecule has 2 atom stereocenters. The van der Waals surface area contributed by atoms with Gasteiger partial charge in [0.25, 0.3) is 0 Å². The van der Waals surface area contributed by atoms with Crippen LogP contribution in [0, 0.1) is 0 Å². The van der Waals surface area contributed by atoms with Crippen molar-refractivity contribution in [2.75, 3.05) is 11.9 Å². The topological polar surface area (TPSA) is 55.1 Å². The highest BCUT2D eigenvalue weighted by atomic mass is 32.2. The van der Waals surface area contributed by atoms with Gasteiger partial charge in [-0.1, -0.05) is 25.1 Å². The van der Waals surface area contributed by atoms with Crippen molar-refractivity contribution in [3.05, 3.63) is 30.3 Å². The van der Waals surface area contributed by atoms with Crippen molar-refractivity contribution in [1.29, 1.82) is 0 Å². The first-order chi connectivity index (χ1) is 7.63. The quantitative estimate of drug-likeness (QED) is 0.826. The van der Waals surface area contributed by atoms with Gasteiger partial charge in [-0.2, -0.15) is 0 Å². The van der Waals surface area contributed by atoms with Crippen LogP contribution in [0.25, 0.3) is 0 Å². The minimum atomic E-state index is -0.0845. The van der Waals surface area contributed by atoms with E-state index in [0.717, 1.165) is 5.69 Å². The molecular formula is C12H18N2OS. The van der Waals surface area contributed by atoms with Crippen molar-refractivity contribution in [3.63, 3.8) is 0 Å². The summed E-state index contributed by atoms with van der Waals surface area (Å²) in [6, 6.07) is 9.47. The molecule has 3 N–H and O–H groups in total. The Morgan fingerprint density at radius 2 is 2.00 bits per heavy atom. The van der Waals surface area contributed by atoms with Crippen LogP contribution in [0.5, 0.6) is 0 Å². The van der Waals surface area contributed by atoms with E-state index in [1.807, 2.05) is 44.2 Å². The second-order valence-corrected chi connectivity index (χ2v) is 5.46. The molecule has 3 nitrogen and oxygen atoms in total. The van der Waals surface area contributed by atoms with Gasteiger partial charge in [0, 0.05) is 17.5 Å². The number of amides is 1. The predicted molar refractivity (Wildman–Crippen MR) is 70.6 cm³/mol. The Bertz CT molecular complexity index is 329. The van der Waals surface area contributed by atoms with Crippen molar-refractivity contribution in [2.45, 2.75) is 24.3 Å². The first-order valence-corrected chi connectivity index (χ1v) is 6.29. The van der Waals surface area contributed by atoms with Gasteiger partial charge in [-0.25, -0.2) is 0 Å². The van der Waals surface area contributed by atoms with E-state index in [9.17, 15) is 4.79 Å². The van der Waals surface area contributed by atoms with Crippen LogP contribution >= 0.6 is 11.8 Å². The standard InChI is InChI=1S/C12H18N2OS/c1-9(8-13)16-10(2)12(15)14-11-6-4-3-5-7-11/h3-7,9-10H,8,13H2,1-2H3,(H,14,15). The fraction of sp³-hybridized carbons (Fsp3) is 0.417. The van der Waals surface area contributed by atoms with Crippen molar-refractivity contribution in [3.8, 4) is 0 Å². The van der Waals surface area contributed by atoms with E-state index in [0.29, 0.717) is 11.8 Å². The number of rotatable bonds is 5. The van der Waals surface area contributed by atoms with Crippen LogP contribution in [-0.4, -0.2) is 23.0 Å². The van der Waals surface area contributed by atoms with Crippen molar-refractivity contribution in [2.24, 2.45) is 5.73 Å². The first kappa shape index (κ1) is 13.1. The maximum atomic E-state index is 11.8. The second kappa shape index (κ2) is 6.55. The number of hydrogen-bond acceptors (Lipinski definition) is 3. The summed E-state index contributed by atoms with van der Waals surface area (Å²) in [4.78, 5) is 11.8. The van der Waals surface area contributed by atoms with Gasteiger partial charge in [0.1, 0.15) is 0 Å². The third-order valence-electron chi connectivity index (χ3n) is 2.18. The van der Waals surface area contributed by atoms with Gasteiger partial charge in [-0.3, -0.25) is 4.79 Å². The molecule has 2 unspecified atom stereocenters. The van der Waals surface area contributed by atoms with E-state index in [1.54, 1.807) is 11.8 Å². The lowest BCUT2D eigenvalue weighted by Gasteiger charge is -2.15. The lowest BCUT2D eigenvalue weighted by molar-refractivity contribution is -0.115. The minimum Gasteiger partial charge on any atom is -0.329 e. The number of carbonyl (C=O) groups is 1. The molecule has 0 spiro atoms. The maximum absolute atomic E-state index is 11.8. The molecule has 16 heavy (non-hydrogen) atoms. The highest BCUT2D eigenvalue weighted by molar-refractivity contribution is 8.01. The van der Waals surface area contributed by atoms with E-state index < -0.39 is 0 Å². The van der Waals surface area contributed by atoms with Crippen LogP contribution in [0.3, 0.4) is 0 Å². The molecule has 0 aliphatic heterocycles. The molecule has 0 aliphatic carbocycles. The second-order valence-electron chi connectivity index (χ2n) is 3.68. The average Bonchev–Trinajstić information content (AvgIpc) is 2.30. The summed E-state index contributed by atoms with van der Waals surface area (Å²) in [5.74, 6) is 0.0245. The average molecular weight is 238 g/mol. The van der Waals surface area contributed by atoms with E-state index in [4.69, 9.17) is 5.73 Å². The maximum Gasteiger partial charge on any atom is 0.237 e. The zero-order valence-electron chi connectivity index (χ0n) is 9.64. The molecule has 0 aliphatic rings. The lowest BCUT2D eigenvalue weighted by Crippen LogP contribution is -2.26. The van der Waals surface area contributed by atoms with E-state index >= 15 is 0 Å². The Morgan fingerprint density at radius 1 is 1.38 bits per heavy atom. The van der Waals surface area contributed by atoms with Crippen LogP contribution in [0.4, 0.5) is 5.69 Å². The van der Waals surface area contributed by atoms with Gasteiger partial charge in [0.15, 0.2) is 0 Å². The molecule has 0 fully saturated rings. The third-order valence-corrected chi connectivity index (χ3v) is 3.46. The summed E-state index contributed by atoms with van der Waals surface area (Å²) < 4.78 is 0. The number of thioether (sulfide) groups is 1. The summed E-state index contributed by atoms with van der Waals surface area (Å²) in [7, 11) is 0. The molecule has 0 saturated heterocycles. The Kier molecular flexibility index (Phi) is 5.35. The molecule has 1 amide bonds. The number of anilines is 1. The van der Waals surface area contributed by atoms with E-state index in [-0.39, 0.29) is 11.2 Å². The minimum absolute atomic E-state index is 0.0245. The van der Waals surface area contributed by atoms with E-state index in [2.05, 4.69) is 5.32 Å². The van der Waals surface area contributed by atoms with Gasteiger partial charge in [-0.05, 0) is 19.1 Å². The number of benzene rings is 1. The zero-order valence-corrected chi connectivity index (χ0v) is 10.5. The molecule has 1 aromatic carbocycles. The van der Waals surface area contributed by atoms with Gasteiger partial charge in [0.2, 0.25) is 5.91 Å². The van der Waals surface area contributed by atoms with Crippen LogP contribution in [0.15, 0.2) is 30.3 Å². The predicted octanol–water partition coefficient (Wildman–Crippen LogP) is 2.09. The largest absolute Gasteiger partial charge is 0.329 e. The molecule has 0 radical (unpaired) electrons. The van der Waals surface area contributed by atoms with Gasteiger partial charge < -0.3 is 11.1 Å². The van der Waals surface area contributed by atoms with Crippen LogP contribution in [0.1, 0.15) is 13.8 Å². The number of nitrogens with one attached hydrogen (secondary N) is 1. The first-order valence-electron chi connectivity index (χ1n) is 5.35. The normalized spacial score (nSPS) is 14.2. The molecule has 1 rings (SSSR count). The van der Waals surface area contributed by atoms with Gasteiger partial charge in [-0.15, -0.1) is 11.8 Å². The Hall–Kier alpha value is -1.00. The molecule has 0 bridgehead atoms. The van der Waals surface area contributed by atoms with Crippen LogP contribution in [0.2, 0.25) is 0 Å². The van der Waals surface area contributed by atoms with E-state index in [1.165, 1.54) is 0 Å². The monoisotopic (exact) mass is 238 g/mol. The Balaban J connectivity index is 2.46. The fourth-order valence-electron chi connectivity index (χ4n) is 1.23. The highest BCUT2D eigenvalue weighted by Crippen LogP contribution is 2.18. The zero-order chi connectivity index (χ0) is 12.0. The molecule has 0 saturated carbocycles. The smallest absolute Gasteiger partial charge is 0.237 e. The third kappa shape index (κ3) is 4.24. The lowest BCUT2D eigenvalue weighted by atomic mass is 10.3. The van der Waals surface area contributed by atoms with Crippen molar-refractivity contribution >= 4 is 23.4 Å². The van der Waals surface area contributed by atoms with Crippen molar-refractivity contribution < 1.29 is 4.79 Å². The van der Waals surface area contributed by atoms with Crippen LogP contribution in [-0.2, 0) is 4.79 Å². The molecule has 1 aromatic rings. The number of nitrogens with two attached hydrogens (primary N) is 1. The summed E-state index contributed by atoms with van der Waals surface area (Å²) in [6.45, 7) is 4.51. The van der Waals surface area contributed by atoms with Gasteiger partial charge in [0.05, 0.1) is 5.25 Å². The molecule has 0 heterocycles. The summed E-state index contributed by atoms with van der Waals surface area (Å²) in [5.41, 5.74) is 6.35. The van der Waals surface area contributed by atoms with Gasteiger partial charge >= 0.3 is 0 Å². The summed E-state index contributed by atoms with van der Waals surface area (Å²) in [5, 5.41) is 3.09. The number of para-hydroxylation sites is 1. The number of hydrogen-bond donors (Lipinski definition) is 2. The van der Waals surface area contributed by atoms with Crippen LogP contribution < -0.4 is 11.1 Å². The molecule has 0 aromatic heterocycles. The summed E-state index contributed by atoms with van der Waals surface area (Å²) >= 11 is 1.59. The SMILES string of the molecule is CC(CN)SC(C)C(=O)Nc1ccccc1. The molecular weight excluding hydrogens is 220 g/mol. The Labute approximate surface area is 101 Å². The molecule has 4 heteroatoms. The highest BCUT2D eigenvalue weighted by Gasteiger charge is 2.15. The summed E-state index contributed by atoms with van der Waals surface area (Å²) in [6.07, 6.45) is 0. The van der Waals surface area contributed by atoms with Crippen molar-refractivity contribution in [1.82, 2.24) is 0 Å². The fourth-order valence-corrected chi connectivity index (χ4v) is 2.22.